The van der Waals surface area contributed by atoms with E-state index in [-0.39, 0.29) is 5.54 Å². The van der Waals surface area contributed by atoms with Gasteiger partial charge in [0.2, 0.25) is 0 Å². The van der Waals surface area contributed by atoms with Gasteiger partial charge in [0.25, 0.3) is 0 Å². The summed E-state index contributed by atoms with van der Waals surface area (Å²) in [4.78, 5) is 13.3. The molecule has 3 heteroatoms. The van der Waals surface area contributed by atoms with Gasteiger partial charge in [-0.15, -0.1) is 0 Å². The summed E-state index contributed by atoms with van der Waals surface area (Å²) in [6.45, 7) is 7.25. The van der Waals surface area contributed by atoms with Crippen molar-refractivity contribution in [2.24, 2.45) is 5.92 Å². The van der Waals surface area contributed by atoms with Gasteiger partial charge in [0.05, 0.1) is 0 Å². The van der Waals surface area contributed by atoms with Crippen molar-refractivity contribution < 1.29 is 9.90 Å². The van der Waals surface area contributed by atoms with Crippen molar-refractivity contribution in [1.29, 1.82) is 0 Å². The van der Waals surface area contributed by atoms with Crippen molar-refractivity contribution in [3.63, 3.8) is 0 Å². The van der Waals surface area contributed by atoms with Gasteiger partial charge in [0.1, 0.15) is 5.54 Å². The Morgan fingerprint density at radius 1 is 1.46 bits per heavy atom. The maximum absolute atomic E-state index is 11.2. The number of carboxylic acids is 1. The third-order valence-electron chi connectivity index (χ3n) is 3.42. The van der Waals surface area contributed by atoms with Crippen LogP contribution in [0.5, 0.6) is 0 Å². The summed E-state index contributed by atoms with van der Waals surface area (Å²) < 4.78 is 0. The Kier molecular flexibility index (Phi) is 1.57. The molecule has 0 spiro atoms. The molecule has 3 fully saturated rings. The molecule has 3 aliphatic rings. The molecule has 0 aromatic rings. The van der Waals surface area contributed by atoms with E-state index in [9.17, 15) is 9.90 Å². The number of rotatable bonds is 1. The molecular formula is C10H17NO2. The van der Waals surface area contributed by atoms with Crippen molar-refractivity contribution in [2.75, 3.05) is 6.54 Å². The number of carbonyl (C=O) groups is 1. The first-order chi connectivity index (χ1) is 5.86. The van der Waals surface area contributed by atoms with Gasteiger partial charge in [-0.3, -0.25) is 9.69 Å². The van der Waals surface area contributed by atoms with E-state index >= 15 is 0 Å². The van der Waals surface area contributed by atoms with Gasteiger partial charge in [-0.2, -0.15) is 0 Å². The molecule has 3 nitrogen and oxygen atoms in total. The lowest BCUT2D eigenvalue weighted by Crippen LogP contribution is -2.58. The molecule has 2 bridgehead atoms. The average Bonchev–Trinajstić information content (AvgIpc) is 2.33. The molecule has 74 valence electrons. The summed E-state index contributed by atoms with van der Waals surface area (Å²) in [6.07, 6.45) is 1.72. The standard InChI is InChI=1S/C10H17NO2/c1-9(2,3)11-6-7-4-10(11,5-7)8(12)13/h7H,4-6H2,1-3H3,(H,12,13). The van der Waals surface area contributed by atoms with Gasteiger partial charge in [-0.1, -0.05) is 0 Å². The molecule has 0 amide bonds. The molecular weight excluding hydrogens is 166 g/mol. The molecule has 13 heavy (non-hydrogen) atoms. The van der Waals surface area contributed by atoms with Gasteiger partial charge in [0, 0.05) is 12.1 Å². The third kappa shape index (κ3) is 1.03. The van der Waals surface area contributed by atoms with E-state index < -0.39 is 11.5 Å². The second-order valence-electron chi connectivity index (χ2n) is 5.39. The second kappa shape index (κ2) is 2.27. The van der Waals surface area contributed by atoms with E-state index in [2.05, 4.69) is 25.7 Å². The predicted octanol–water partition coefficient (Wildman–Crippen LogP) is 1.33. The van der Waals surface area contributed by atoms with Gasteiger partial charge >= 0.3 is 5.97 Å². The van der Waals surface area contributed by atoms with Crippen LogP contribution in [0.1, 0.15) is 33.6 Å². The summed E-state index contributed by atoms with van der Waals surface area (Å²) in [7, 11) is 0. The van der Waals surface area contributed by atoms with Gasteiger partial charge < -0.3 is 5.11 Å². The number of fused-ring (bicyclic) bond motifs is 1. The fourth-order valence-corrected chi connectivity index (χ4v) is 2.88. The molecule has 0 unspecified atom stereocenters. The first-order valence-electron chi connectivity index (χ1n) is 4.87. The number of hydrogen-bond donors (Lipinski definition) is 1. The minimum absolute atomic E-state index is 0.0103. The number of aliphatic carboxylic acids is 1. The second-order valence-corrected chi connectivity index (χ2v) is 5.39. The fourth-order valence-electron chi connectivity index (χ4n) is 2.88. The molecule has 0 radical (unpaired) electrons. The van der Waals surface area contributed by atoms with E-state index in [0.717, 1.165) is 19.4 Å². The van der Waals surface area contributed by atoms with Crippen molar-refractivity contribution in [1.82, 2.24) is 4.90 Å². The Hall–Kier alpha value is -0.570. The Bertz CT molecular complexity index is 248. The first kappa shape index (κ1) is 9.00. The van der Waals surface area contributed by atoms with Crippen LogP contribution in [0.25, 0.3) is 0 Å². The van der Waals surface area contributed by atoms with Crippen molar-refractivity contribution in [3.05, 3.63) is 0 Å². The van der Waals surface area contributed by atoms with Gasteiger partial charge in [0.15, 0.2) is 0 Å². The first-order valence-corrected chi connectivity index (χ1v) is 4.87. The van der Waals surface area contributed by atoms with E-state index in [4.69, 9.17) is 0 Å². The van der Waals surface area contributed by atoms with Crippen LogP contribution in [0.3, 0.4) is 0 Å². The Morgan fingerprint density at radius 2 is 2.00 bits per heavy atom. The summed E-state index contributed by atoms with van der Waals surface area (Å²) in [5, 5.41) is 9.20. The molecule has 3 rings (SSSR count). The number of hydrogen-bond acceptors (Lipinski definition) is 2. The van der Waals surface area contributed by atoms with Crippen molar-refractivity contribution in [3.8, 4) is 0 Å². The van der Waals surface area contributed by atoms with Crippen LogP contribution in [-0.4, -0.2) is 33.6 Å². The molecule has 2 saturated heterocycles. The Labute approximate surface area is 78.7 Å². The number of nitrogens with zero attached hydrogens (tertiary/aromatic N) is 1. The Morgan fingerprint density at radius 3 is 2.31 bits per heavy atom. The van der Waals surface area contributed by atoms with E-state index in [1.807, 2.05) is 0 Å². The highest BCUT2D eigenvalue weighted by atomic mass is 16.4. The van der Waals surface area contributed by atoms with E-state index in [1.165, 1.54) is 0 Å². The minimum atomic E-state index is -0.629. The fraction of sp³-hybridized carbons (Fsp3) is 0.900. The van der Waals surface area contributed by atoms with Crippen LogP contribution < -0.4 is 0 Å². The number of carboxylic acid groups (broad SMARTS) is 1. The van der Waals surface area contributed by atoms with Gasteiger partial charge in [-0.05, 0) is 39.5 Å². The largest absolute Gasteiger partial charge is 0.480 e. The Balaban J connectivity index is 2.27. The summed E-state index contributed by atoms with van der Waals surface area (Å²) in [5.74, 6) is 0.00602. The third-order valence-corrected chi connectivity index (χ3v) is 3.42. The van der Waals surface area contributed by atoms with Crippen molar-refractivity contribution >= 4 is 5.97 Å². The molecule has 1 N–H and O–H groups in total. The molecule has 1 saturated carbocycles. The zero-order chi connectivity index (χ0) is 9.85. The molecule has 2 aliphatic heterocycles. The van der Waals surface area contributed by atoms with Crippen LogP contribution in [0, 0.1) is 5.92 Å². The normalized spacial score (nSPS) is 38.8. The SMILES string of the molecule is CC(C)(C)N1CC2CC1(C(=O)O)C2. The lowest BCUT2D eigenvalue weighted by atomic mass is 9.73. The van der Waals surface area contributed by atoms with E-state index in [1.54, 1.807) is 0 Å². The quantitative estimate of drug-likeness (QED) is 0.666. The highest BCUT2D eigenvalue weighted by molar-refractivity contribution is 5.81. The van der Waals surface area contributed by atoms with Crippen LogP contribution in [-0.2, 0) is 4.79 Å². The van der Waals surface area contributed by atoms with E-state index in [0.29, 0.717) is 5.92 Å². The average molecular weight is 183 g/mol. The van der Waals surface area contributed by atoms with Crippen molar-refractivity contribution in [2.45, 2.75) is 44.7 Å². The topological polar surface area (TPSA) is 40.5 Å². The maximum atomic E-state index is 11.2. The van der Waals surface area contributed by atoms with Crippen LogP contribution in [0.4, 0.5) is 0 Å². The molecule has 1 aliphatic carbocycles. The summed E-state index contributed by atoms with van der Waals surface area (Å²) in [6, 6.07) is 0. The minimum Gasteiger partial charge on any atom is -0.480 e. The van der Waals surface area contributed by atoms with Crippen LogP contribution in [0.15, 0.2) is 0 Å². The molecule has 0 atom stereocenters. The predicted molar refractivity (Wildman–Crippen MR) is 49.5 cm³/mol. The summed E-state index contributed by atoms with van der Waals surface area (Å²) >= 11 is 0. The highest BCUT2D eigenvalue weighted by Crippen LogP contribution is 2.53. The zero-order valence-electron chi connectivity index (χ0n) is 8.50. The molecule has 2 heterocycles. The van der Waals surface area contributed by atoms with Gasteiger partial charge in [-0.25, -0.2) is 0 Å². The van der Waals surface area contributed by atoms with Crippen LogP contribution in [0.2, 0.25) is 0 Å². The highest BCUT2D eigenvalue weighted by Gasteiger charge is 2.63. The lowest BCUT2D eigenvalue weighted by molar-refractivity contribution is -0.155. The monoisotopic (exact) mass is 183 g/mol. The lowest BCUT2D eigenvalue weighted by Gasteiger charge is -2.44. The molecule has 0 aromatic carbocycles. The smallest absolute Gasteiger partial charge is 0.324 e. The summed E-state index contributed by atoms with van der Waals surface area (Å²) in [5.41, 5.74) is -0.521. The molecule has 0 aromatic heterocycles. The van der Waals surface area contributed by atoms with Crippen LogP contribution >= 0.6 is 0 Å². The zero-order valence-corrected chi connectivity index (χ0v) is 8.50. The maximum Gasteiger partial charge on any atom is 0.324 e.